The third-order valence-electron chi connectivity index (χ3n) is 9.84. The average molecular weight is 612 g/mol. The van der Waals surface area contributed by atoms with Crippen LogP contribution in [0.2, 0.25) is 10.0 Å². The Hall–Kier alpha value is -2.49. The Morgan fingerprint density at radius 3 is 2.51 bits per heavy atom. The number of aromatic nitrogens is 2. The highest BCUT2D eigenvalue weighted by atomic mass is 35.5. The largest absolute Gasteiger partial charge is 0.478 e. The minimum absolute atomic E-state index is 0.0242. The molecule has 212 valence electrons. The Bertz CT molecular complexity index is 1680. The van der Waals surface area contributed by atoms with Gasteiger partial charge in [-0.1, -0.05) is 34.4 Å². The molecule has 0 amide bonds. The van der Waals surface area contributed by atoms with Crippen LogP contribution in [0.4, 0.5) is 0 Å². The Morgan fingerprint density at radius 1 is 1.10 bits per heavy atom. The average Bonchev–Trinajstić information content (AvgIpc) is 3.55. The maximum atomic E-state index is 12.3. The number of thiazole rings is 1. The first-order valence-corrected chi connectivity index (χ1v) is 15.7. The standard InChI is InChI=1S/C31H28Cl2N2O5S/c32-21-2-1-3-22(33)25(21)26-20(27(40-35-26)16-4-5-16)14-39-30-11-15-8-18(12-30)31(38,19(9-15)13-30)29-34-23-7-6-17(28(36)37)10-24(23)41-29/h1-3,6-7,10,15-16,18-19,38H,4-5,8-9,11-14H2,(H,36,37)/t15?,18-,19?,30?,31?/m0/s1. The fourth-order valence-corrected chi connectivity index (χ4v) is 9.77. The van der Waals surface area contributed by atoms with Crippen LogP contribution in [-0.4, -0.2) is 31.9 Å². The third-order valence-corrected chi connectivity index (χ3v) is 11.6. The Labute approximate surface area is 250 Å². The molecule has 10 heteroatoms. The van der Waals surface area contributed by atoms with Crippen molar-refractivity contribution in [2.75, 3.05) is 0 Å². The number of nitrogens with zero attached hydrogens (tertiary/aromatic N) is 2. The van der Waals surface area contributed by atoms with Crippen LogP contribution in [-0.2, 0) is 16.9 Å². The maximum Gasteiger partial charge on any atom is 0.335 e. The van der Waals surface area contributed by atoms with Gasteiger partial charge in [0, 0.05) is 17.0 Å². The summed E-state index contributed by atoms with van der Waals surface area (Å²) < 4.78 is 13.6. The third kappa shape index (κ3) is 4.09. The van der Waals surface area contributed by atoms with Gasteiger partial charge in [0.2, 0.25) is 0 Å². The summed E-state index contributed by atoms with van der Waals surface area (Å²) >= 11 is 14.6. The first-order chi connectivity index (χ1) is 19.7. The van der Waals surface area contributed by atoms with Crippen molar-refractivity contribution in [3.05, 3.63) is 68.3 Å². The SMILES string of the molecule is O=C(O)c1ccc2nc(C3(O)C4CC5C[C@H]3CC(OCc3c(-c6c(Cl)cccc6Cl)noc3C3CC3)(C5)C4)sc2c1. The predicted molar refractivity (Wildman–Crippen MR) is 155 cm³/mol. The van der Waals surface area contributed by atoms with Crippen LogP contribution in [0.3, 0.4) is 0 Å². The molecule has 4 aromatic rings. The van der Waals surface area contributed by atoms with Crippen molar-refractivity contribution in [3.8, 4) is 11.3 Å². The molecule has 2 aromatic heterocycles. The van der Waals surface area contributed by atoms with Gasteiger partial charge in [-0.05, 0) is 93.0 Å². The van der Waals surface area contributed by atoms with Gasteiger partial charge in [0.05, 0.1) is 38.0 Å². The van der Waals surface area contributed by atoms with Gasteiger partial charge < -0.3 is 19.5 Å². The summed E-state index contributed by atoms with van der Waals surface area (Å²) in [6.45, 7) is 0.357. The summed E-state index contributed by atoms with van der Waals surface area (Å²) in [5.74, 6) is 0.786. The highest BCUT2D eigenvalue weighted by molar-refractivity contribution is 7.18. The number of hydrogen-bond donors (Lipinski definition) is 2. The van der Waals surface area contributed by atoms with Crippen molar-refractivity contribution in [1.29, 1.82) is 0 Å². The smallest absolute Gasteiger partial charge is 0.335 e. The normalized spacial score (nSPS) is 30.4. The van der Waals surface area contributed by atoms with Crippen LogP contribution < -0.4 is 0 Å². The number of halogens is 2. The van der Waals surface area contributed by atoms with Gasteiger partial charge in [0.1, 0.15) is 22.1 Å². The van der Waals surface area contributed by atoms with E-state index in [0.29, 0.717) is 44.8 Å². The zero-order valence-corrected chi connectivity index (χ0v) is 24.4. The summed E-state index contributed by atoms with van der Waals surface area (Å²) in [6.07, 6.45) is 6.49. The van der Waals surface area contributed by atoms with E-state index in [1.165, 1.54) is 11.3 Å². The highest BCUT2D eigenvalue weighted by Gasteiger charge is 2.64. The number of aromatic carboxylic acids is 1. The van der Waals surface area contributed by atoms with Crippen molar-refractivity contribution in [1.82, 2.24) is 10.1 Å². The Kier molecular flexibility index (Phi) is 5.90. The van der Waals surface area contributed by atoms with Gasteiger partial charge in [0.25, 0.3) is 0 Å². The first kappa shape index (κ1) is 26.2. The van der Waals surface area contributed by atoms with Gasteiger partial charge >= 0.3 is 5.97 Å². The lowest BCUT2D eigenvalue weighted by Gasteiger charge is -2.62. The molecule has 9 rings (SSSR count). The number of rotatable bonds is 7. The molecule has 2 aromatic carbocycles. The van der Waals surface area contributed by atoms with Gasteiger partial charge in [-0.25, -0.2) is 9.78 Å². The molecule has 0 radical (unpaired) electrons. The van der Waals surface area contributed by atoms with Crippen LogP contribution in [0, 0.1) is 17.8 Å². The van der Waals surface area contributed by atoms with Crippen molar-refractivity contribution >= 4 is 50.7 Å². The molecule has 0 saturated heterocycles. The molecule has 5 fully saturated rings. The molecule has 0 aliphatic heterocycles. The van der Waals surface area contributed by atoms with Gasteiger partial charge in [0.15, 0.2) is 0 Å². The Balaban J connectivity index is 1.10. The maximum absolute atomic E-state index is 12.3. The predicted octanol–water partition coefficient (Wildman–Crippen LogP) is 7.82. The van der Waals surface area contributed by atoms with E-state index in [0.717, 1.165) is 66.5 Å². The van der Waals surface area contributed by atoms with E-state index < -0.39 is 11.6 Å². The zero-order chi connectivity index (χ0) is 28.1. The Morgan fingerprint density at radius 2 is 1.83 bits per heavy atom. The zero-order valence-electron chi connectivity index (χ0n) is 22.1. The van der Waals surface area contributed by atoms with E-state index in [1.54, 1.807) is 18.2 Å². The number of carbonyl (C=O) groups is 1. The molecule has 5 aliphatic carbocycles. The van der Waals surface area contributed by atoms with E-state index in [9.17, 15) is 15.0 Å². The number of ether oxygens (including phenoxy) is 1. The molecule has 2 N–H and O–H groups in total. The molecular weight excluding hydrogens is 583 g/mol. The van der Waals surface area contributed by atoms with Crippen LogP contribution in [0.15, 0.2) is 40.9 Å². The molecule has 4 unspecified atom stereocenters. The van der Waals surface area contributed by atoms with E-state index in [-0.39, 0.29) is 23.0 Å². The fourth-order valence-electron chi connectivity index (χ4n) is 7.94. The van der Waals surface area contributed by atoms with Crippen molar-refractivity contribution in [2.24, 2.45) is 17.8 Å². The second-order valence-electron chi connectivity index (χ2n) is 12.4. The van der Waals surface area contributed by atoms with Gasteiger partial charge in [-0.15, -0.1) is 11.3 Å². The summed E-state index contributed by atoms with van der Waals surface area (Å²) in [6, 6.07) is 10.4. The minimum Gasteiger partial charge on any atom is -0.478 e. The van der Waals surface area contributed by atoms with E-state index in [4.69, 9.17) is 37.4 Å². The lowest BCUT2D eigenvalue weighted by Crippen LogP contribution is -2.62. The second-order valence-corrected chi connectivity index (χ2v) is 14.2. The molecule has 7 nitrogen and oxygen atoms in total. The molecule has 2 heterocycles. The van der Waals surface area contributed by atoms with Crippen LogP contribution in [0.5, 0.6) is 0 Å². The number of fused-ring (bicyclic) bond motifs is 1. The monoisotopic (exact) mass is 610 g/mol. The second kappa shape index (κ2) is 9.25. The number of carboxylic acid groups (broad SMARTS) is 1. The van der Waals surface area contributed by atoms with E-state index >= 15 is 0 Å². The van der Waals surface area contributed by atoms with Crippen LogP contribution >= 0.6 is 34.5 Å². The number of aliphatic hydroxyl groups is 1. The number of hydrogen-bond acceptors (Lipinski definition) is 7. The van der Waals surface area contributed by atoms with Crippen molar-refractivity contribution in [2.45, 2.75) is 68.7 Å². The first-order valence-electron chi connectivity index (χ1n) is 14.2. The van der Waals surface area contributed by atoms with E-state index in [2.05, 4.69) is 5.16 Å². The molecular formula is C31H28Cl2N2O5S. The lowest BCUT2D eigenvalue weighted by molar-refractivity contribution is -0.250. The van der Waals surface area contributed by atoms with Crippen LogP contribution in [0.1, 0.15) is 77.6 Å². The summed E-state index contributed by atoms with van der Waals surface area (Å²) in [7, 11) is 0. The highest BCUT2D eigenvalue weighted by Crippen LogP contribution is 2.65. The van der Waals surface area contributed by atoms with E-state index in [1.807, 2.05) is 18.2 Å². The number of benzene rings is 2. The van der Waals surface area contributed by atoms with Gasteiger partial charge in [-0.2, -0.15) is 0 Å². The summed E-state index contributed by atoms with van der Waals surface area (Å²) in [4.78, 5) is 16.3. The molecule has 4 bridgehead atoms. The molecule has 5 atom stereocenters. The minimum atomic E-state index is -1.04. The molecule has 5 aliphatic rings. The van der Waals surface area contributed by atoms with Crippen LogP contribution in [0.25, 0.3) is 21.5 Å². The molecule has 5 saturated carbocycles. The van der Waals surface area contributed by atoms with Crippen molar-refractivity contribution in [3.63, 3.8) is 0 Å². The van der Waals surface area contributed by atoms with Gasteiger partial charge in [-0.3, -0.25) is 0 Å². The fraction of sp³-hybridized carbons (Fsp3) is 0.452. The topological polar surface area (TPSA) is 106 Å². The van der Waals surface area contributed by atoms with Crippen molar-refractivity contribution < 1.29 is 24.3 Å². The molecule has 0 spiro atoms. The lowest BCUT2D eigenvalue weighted by atomic mass is 9.48. The number of carboxylic acids is 1. The molecule has 41 heavy (non-hydrogen) atoms. The summed E-state index contributed by atoms with van der Waals surface area (Å²) in [5.41, 5.74) is 1.83. The summed E-state index contributed by atoms with van der Waals surface area (Å²) in [5, 5.41) is 27.9. The quantitative estimate of drug-likeness (QED) is 0.220.